The molecule has 13 nitrogen and oxygen atoms in total. The first-order chi connectivity index (χ1) is 19.2. The summed E-state index contributed by atoms with van der Waals surface area (Å²) >= 11 is 0. The zero-order valence-corrected chi connectivity index (χ0v) is 23.0. The number of hydrogen-bond donors (Lipinski definition) is 5. The lowest BCUT2D eigenvalue weighted by atomic mass is 9.82. The number of carbonyl (C=O) groups is 1. The maximum atomic E-state index is 12.4. The Morgan fingerprint density at radius 2 is 1.68 bits per heavy atom. The molecule has 1 aliphatic carbocycles. The number of hydrogen-bond acceptors (Lipinski definition) is 13. The highest BCUT2D eigenvalue weighted by Gasteiger charge is 2.53. The molecule has 0 aromatic carbocycles. The summed E-state index contributed by atoms with van der Waals surface area (Å²) in [5, 5.41) is 52.0. The van der Waals surface area contributed by atoms with Crippen molar-refractivity contribution < 1.29 is 63.5 Å². The highest BCUT2D eigenvalue weighted by Crippen LogP contribution is 2.38. The Balaban J connectivity index is 1.37. The summed E-state index contributed by atoms with van der Waals surface area (Å²) in [5.41, 5.74) is 0. The predicted molar refractivity (Wildman–Crippen MR) is 134 cm³/mol. The normalized spacial score (nSPS) is 50.2. The third-order valence-electron chi connectivity index (χ3n) is 9.06. The van der Waals surface area contributed by atoms with Crippen molar-refractivity contribution in [2.24, 2.45) is 11.8 Å². The highest BCUT2D eigenvalue weighted by atomic mass is 16.7. The fraction of sp³-hybridized carbons (Fsp3) is 0.963. The predicted octanol–water partition coefficient (Wildman–Crippen LogP) is -1.02. The first kappa shape index (κ1) is 30.5. The fourth-order valence-corrected chi connectivity index (χ4v) is 6.62. The lowest BCUT2D eigenvalue weighted by molar-refractivity contribution is -0.352. The van der Waals surface area contributed by atoms with E-state index in [0.717, 1.165) is 19.3 Å². The van der Waals surface area contributed by atoms with Crippen molar-refractivity contribution in [2.75, 3.05) is 19.8 Å². The zero-order valence-electron chi connectivity index (χ0n) is 23.0. The summed E-state index contributed by atoms with van der Waals surface area (Å²) in [5.74, 6) is -0.600. The molecule has 5 rings (SSSR count). The SMILES string of the molecule is CCC1CCCC(OC2OC(CO)C(O)C3OC4C(=O)OCC4CCCOC23)C1OC1OC(C)C(O)C(O)C1O. The molecule has 40 heavy (non-hydrogen) atoms. The van der Waals surface area contributed by atoms with Gasteiger partial charge in [0.1, 0.15) is 42.7 Å². The van der Waals surface area contributed by atoms with E-state index in [2.05, 4.69) is 0 Å². The zero-order chi connectivity index (χ0) is 28.6. The van der Waals surface area contributed by atoms with E-state index in [9.17, 15) is 30.3 Å². The molecular weight excluding hydrogens is 532 g/mol. The van der Waals surface area contributed by atoms with Gasteiger partial charge in [-0.2, -0.15) is 0 Å². The van der Waals surface area contributed by atoms with E-state index in [-0.39, 0.29) is 18.4 Å². The number of carbonyl (C=O) groups excluding carboxylic acids is 1. The molecule has 4 saturated heterocycles. The van der Waals surface area contributed by atoms with Crippen LogP contribution in [0.1, 0.15) is 52.4 Å². The fourth-order valence-electron chi connectivity index (χ4n) is 6.62. The Kier molecular flexibility index (Phi) is 10.0. The van der Waals surface area contributed by atoms with Crippen LogP contribution in [-0.2, 0) is 38.0 Å². The van der Waals surface area contributed by atoms with Gasteiger partial charge in [-0.1, -0.05) is 19.8 Å². The van der Waals surface area contributed by atoms with E-state index in [0.29, 0.717) is 25.9 Å². The van der Waals surface area contributed by atoms with Crippen LogP contribution in [0.3, 0.4) is 0 Å². The van der Waals surface area contributed by atoms with Crippen LogP contribution in [0.2, 0.25) is 0 Å². The van der Waals surface area contributed by atoms with Crippen molar-refractivity contribution in [3.63, 3.8) is 0 Å². The third kappa shape index (κ3) is 6.06. The third-order valence-corrected chi connectivity index (χ3v) is 9.06. The molecule has 0 radical (unpaired) electrons. The monoisotopic (exact) mass is 576 g/mol. The van der Waals surface area contributed by atoms with Gasteiger partial charge in [-0.3, -0.25) is 0 Å². The molecule has 5 aliphatic rings. The molecule has 0 aromatic heterocycles. The molecule has 0 amide bonds. The van der Waals surface area contributed by atoms with Crippen LogP contribution in [-0.4, -0.2) is 131 Å². The Bertz CT molecular complexity index is 845. The standard InChI is InChI=1S/C27H44O13/c1-3-13-6-4-8-15(21(13)40-26-20(32)19(31)17(29)12(2)36-26)37-27-24-23(18(30)16(10-28)38-27)39-22-14(7-5-9-34-24)11-35-25(22)33/h12-24,26-32H,3-11H2,1-2H3. The van der Waals surface area contributed by atoms with Gasteiger partial charge in [0.15, 0.2) is 18.7 Å². The van der Waals surface area contributed by atoms with Crippen LogP contribution in [0.5, 0.6) is 0 Å². The van der Waals surface area contributed by atoms with Crippen LogP contribution < -0.4 is 0 Å². The molecule has 0 spiro atoms. The van der Waals surface area contributed by atoms with Crippen LogP contribution in [0.25, 0.3) is 0 Å². The molecule has 5 fully saturated rings. The van der Waals surface area contributed by atoms with Gasteiger partial charge in [-0.25, -0.2) is 4.79 Å². The molecule has 5 N–H and O–H groups in total. The number of cyclic esters (lactones) is 1. The lowest BCUT2D eigenvalue weighted by Crippen LogP contribution is -2.63. The summed E-state index contributed by atoms with van der Waals surface area (Å²) in [4.78, 5) is 12.4. The first-order valence-corrected chi connectivity index (χ1v) is 14.6. The van der Waals surface area contributed by atoms with Gasteiger partial charge in [0.25, 0.3) is 0 Å². The number of esters is 1. The second-order valence-electron chi connectivity index (χ2n) is 11.7. The number of rotatable bonds is 6. The van der Waals surface area contributed by atoms with Gasteiger partial charge >= 0.3 is 5.97 Å². The van der Waals surface area contributed by atoms with E-state index in [1.807, 2.05) is 6.92 Å². The van der Waals surface area contributed by atoms with Crippen molar-refractivity contribution >= 4 is 5.97 Å². The Morgan fingerprint density at radius 3 is 2.42 bits per heavy atom. The van der Waals surface area contributed by atoms with Gasteiger partial charge in [-0.05, 0) is 38.5 Å². The van der Waals surface area contributed by atoms with Gasteiger partial charge in [0.05, 0.1) is 31.5 Å². The molecule has 1 saturated carbocycles. The molecule has 4 heterocycles. The molecule has 13 heteroatoms. The Labute approximate surface area is 233 Å². The maximum absolute atomic E-state index is 12.4. The van der Waals surface area contributed by atoms with E-state index >= 15 is 0 Å². The van der Waals surface area contributed by atoms with Crippen LogP contribution in [0.15, 0.2) is 0 Å². The van der Waals surface area contributed by atoms with Crippen molar-refractivity contribution in [3.05, 3.63) is 0 Å². The van der Waals surface area contributed by atoms with Gasteiger partial charge in [-0.15, -0.1) is 0 Å². The summed E-state index contributed by atoms with van der Waals surface area (Å²) in [6.07, 6.45) is -8.98. The summed E-state index contributed by atoms with van der Waals surface area (Å²) in [6.45, 7) is 3.69. The average molecular weight is 577 g/mol. The largest absolute Gasteiger partial charge is 0.463 e. The molecule has 4 aliphatic heterocycles. The maximum Gasteiger partial charge on any atom is 0.335 e. The Hall–Kier alpha value is -0.970. The van der Waals surface area contributed by atoms with Gasteiger partial charge < -0.3 is 58.7 Å². The quantitative estimate of drug-likeness (QED) is 0.242. The van der Waals surface area contributed by atoms with Crippen molar-refractivity contribution in [1.29, 1.82) is 0 Å². The molecule has 15 unspecified atom stereocenters. The minimum Gasteiger partial charge on any atom is -0.463 e. The first-order valence-electron chi connectivity index (χ1n) is 14.6. The lowest BCUT2D eigenvalue weighted by Gasteiger charge is -2.48. The van der Waals surface area contributed by atoms with Crippen LogP contribution >= 0.6 is 0 Å². The van der Waals surface area contributed by atoms with Crippen LogP contribution in [0.4, 0.5) is 0 Å². The number of aliphatic hydroxyl groups excluding tert-OH is 5. The molecule has 15 atom stereocenters. The van der Waals surface area contributed by atoms with Crippen LogP contribution in [0, 0.1) is 11.8 Å². The topological polar surface area (TPSA) is 183 Å². The number of ether oxygens (including phenoxy) is 7. The number of aliphatic hydroxyl groups is 5. The minimum absolute atomic E-state index is 0.0409. The van der Waals surface area contributed by atoms with E-state index in [4.69, 9.17) is 33.2 Å². The molecule has 0 bridgehead atoms. The highest BCUT2D eigenvalue weighted by molar-refractivity contribution is 5.77. The van der Waals surface area contributed by atoms with E-state index in [1.54, 1.807) is 6.92 Å². The van der Waals surface area contributed by atoms with Gasteiger partial charge in [0, 0.05) is 12.5 Å². The summed E-state index contributed by atoms with van der Waals surface area (Å²) in [7, 11) is 0. The van der Waals surface area contributed by atoms with Crippen molar-refractivity contribution in [1.82, 2.24) is 0 Å². The number of fused-ring (bicyclic) bond motifs is 2. The van der Waals surface area contributed by atoms with E-state index in [1.165, 1.54) is 0 Å². The minimum atomic E-state index is -1.46. The molecular formula is C27H44O13. The average Bonchev–Trinajstić information content (AvgIpc) is 3.33. The van der Waals surface area contributed by atoms with Crippen molar-refractivity contribution in [3.8, 4) is 0 Å². The molecule has 230 valence electrons. The second-order valence-corrected chi connectivity index (χ2v) is 11.7. The summed E-state index contributed by atoms with van der Waals surface area (Å²) < 4.78 is 42.1. The van der Waals surface area contributed by atoms with E-state index < -0.39 is 92.3 Å². The second kappa shape index (κ2) is 13.1. The molecule has 0 aromatic rings. The smallest absolute Gasteiger partial charge is 0.335 e. The van der Waals surface area contributed by atoms with Gasteiger partial charge in [0.2, 0.25) is 0 Å². The van der Waals surface area contributed by atoms with Crippen molar-refractivity contribution in [2.45, 2.75) is 132 Å². The summed E-state index contributed by atoms with van der Waals surface area (Å²) in [6, 6.07) is 0. The Morgan fingerprint density at radius 1 is 0.875 bits per heavy atom.